The summed E-state index contributed by atoms with van der Waals surface area (Å²) < 4.78 is 6.76. The fourth-order valence-corrected chi connectivity index (χ4v) is 6.41. The van der Waals surface area contributed by atoms with Crippen LogP contribution in [0.15, 0.2) is 10.2 Å². The Hall–Kier alpha value is -1.09. The Morgan fingerprint density at radius 1 is 0.963 bits per heavy atom. The van der Waals surface area contributed by atoms with Gasteiger partial charge in [-0.25, -0.2) is 15.0 Å². The summed E-state index contributed by atoms with van der Waals surface area (Å²) in [5, 5.41) is 3.22. The van der Waals surface area contributed by atoms with Crippen LogP contribution in [0.2, 0.25) is 0 Å². The first-order valence-electron chi connectivity index (χ1n) is 9.37. The standard InChI is InChI=1S/C19H22N4OS3/c1-25-18-15-14(20-19(22-18)26-2)13-11-5-3-4-6-12(11)16(21-17(13)27-15)23-7-9-24-10-8-23/h3-10H2,1-2H3. The molecule has 5 nitrogen and oxygen atoms in total. The predicted octanol–water partition coefficient (Wildman–Crippen LogP) is 4.40. The minimum absolute atomic E-state index is 0.792. The van der Waals surface area contributed by atoms with Crippen molar-refractivity contribution in [1.82, 2.24) is 15.0 Å². The maximum absolute atomic E-state index is 5.57. The van der Waals surface area contributed by atoms with E-state index in [0.717, 1.165) is 59.7 Å². The van der Waals surface area contributed by atoms with E-state index >= 15 is 0 Å². The second kappa shape index (κ2) is 7.39. The van der Waals surface area contributed by atoms with Crippen LogP contribution in [-0.2, 0) is 17.6 Å². The zero-order chi connectivity index (χ0) is 18.4. The molecule has 0 aromatic carbocycles. The van der Waals surface area contributed by atoms with Crippen LogP contribution in [0.1, 0.15) is 24.0 Å². The van der Waals surface area contributed by atoms with E-state index in [1.807, 2.05) is 6.26 Å². The number of hydrogen-bond acceptors (Lipinski definition) is 8. The van der Waals surface area contributed by atoms with Crippen molar-refractivity contribution in [2.24, 2.45) is 0 Å². The van der Waals surface area contributed by atoms with Crippen LogP contribution in [0.3, 0.4) is 0 Å². The van der Waals surface area contributed by atoms with Gasteiger partial charge in [-0.15, -0.1) is 23.1 Å². The smallest absolute Gasteiger partial charge is 0.189 e. The molecule has 3 aromatic heterocycles. The first-order valence-corrected chi connectivity index (χ1v) is 12.6. The summed E-state index contributed by atoms with van der Waals surface area (Å²) in [6, 6.07) is 0. The molecule has 0 unspecified atom stereocenters. The number of nitrogens with zero attached hydrogens (tertiary/aromatic N) is 4. The molecule has 27 heavy (non-hydrogen) atoms. The number of fused-ring (bicyclic) bond motifs is 5. The lowest BCUT2D eigenvalue weighted by Gasteiger charge is -2.31. The highest BCUT2D eigenvalue weighted by atomic mass is 32.2. The molecule has 1 fully saturated rings. The van der Waals surface area contributed by atoms with Crippen LogP contribution in [-0.4, -0.2) is 53.8 Å². The Labute approximate surface area is 171 Å². The quantitative estimate of drug-likeness (QED) is 0.355. The molecule has 1 aliphatic carbocycles. The maximum Gasteiger partial charge on any atom is 0.189 e. The Morgan fingerprint density at radius 3 is 2.48 bits per heavy atom. The Morgan fingerprint density at radius 2 is 1.74 bits per heavy atom. The highest BCUT2D eigenvalue weighted by Crippen LogP contribution is 2.43. The van der Waals surface area contributed by atoms with Crippen LogP contribution in [0.5, 0.6) is 0 Å². The Bertz CT molecular complexity index is 1010. The number of thiophene rings is 1. The summed E-state index contributed by atoms with van der Waals surface area (Å²) >= 11 is 5.08. The van der Waals surface area contributed by atoms with E-state index in [9.17, 15) is 0 Å². The molecule has 8 heteroatoms. The number of rotatable bonds is 3. The van der Waals surface area contributed by atoms with Gasteiger partial charge in [-0.3, -0.25) is 0 Å². The van der Waals surface area contributed by atoms with E-state index in [1.165, 1.54) is 39.9 Å². The Balaban J connectivity index is 1.81. The van der Waals surface area contributed by atoms with Gasteiger partial charge in [0.25, 0.3) is 0 Å². The van der Waals surface area contributed by atoms with Crippen molar-refractivity contribution in [3.8, 4) is 0 Å². The molecule has 0 spiro atoms. The van der Waals surface area contributed by atoms with Gasteiger partial charge in [-0.1, -0.05) is 11.8 Å². The molecular formula is C19H22N4OS3. The molecule has 1 saturated heterocycles. The molecule has 0 bridgehead atoms. The van der Waals surface area contributed by atoms with Crippen LogP contribution >= 0.6 is 34.9 Å². The minimum atomic E-state index is 0.792. The molecule has 0 amide bonds. The van der Waals surface area contributed by atoms with Crippen LogP contribution < -0.4 is 4.90 Å². The lowest BCUT2D eigenvalue weighted by molar-refractivity contribution is 0.122. The number of aryl methyl sites for hydroxylation is 1. The van der Waals surface area contributed by atoms with Crippen molar-refractivity contribution in [3.63, 3.8) is 0 Å². The number of aromatic nitrogens is 3. The van der Waals surface area contributed by atoms with E-state index in [4.69, 9.17) is 19.7 Å². The summed E-state index contributed by atoms with van der Waals surface area (Å²) in [6.45, 7) is 3.45. The van der Waals surface area contributed by atoms with E-state index < -0.39 is 0 Å². The number of pyridine rings is 1. The fraction of sp³-hybridized carbons (Fsp3) is 0.526. The average molecular weight is 419 g/mol. The third kappa shape index (κ3) is 3.01. The molecule has 142 valence electrons. The van der Waals surface area contributed by atoms with Gasteiger partial charge in [0.05, 0.1) is 23.4 Å². The monoisotopic (exact) mass is 418 g/mol. The number of hydrogen-bond donors (Lipinski definition) is 0. The topological polar surface area (TPSA) is 51.1 Å². The van der Waals surface area contributed by atoms with Crippen LogP contribution in [0.4, 0.5) is 5.82 Å². The molecule has 0 atom stereocenters. The summed E-state index contributed by atoms with van der Waals surface area (Å²) in [7, 11) is 0. The summed E-state index contributed by atoms with van der Waals surface area (Å²) in [4.78, 5) is 18.4. The largest absolute Gasteiger partial charge is 0.378 e. The molecule has 1 aliphatic heterocycles. The van der Waals surface area contributed by atoms with Gasteiger partial charge in [-0.2, -0.15) is 0 Å². The second-order valence-electron chi connectivity index (χ2n) is 6.88. The first kappa shape index (κ1) is 18.0. The molecule has 5 rings (SSSR count). The normalized spacial score (nSPS) is 17.6. The predicted molar refractivity (Wildman–Crippen MR) is 116 cm³/mol. The van der Waals surface area contributed by atoms with Crippen molar-refractivity contribution < 1.29 is 4.74 Å². The van der Waals surface area contributed by atoms with Crippen LogP contribution in [0, 0.1) is 0 Å². The van der Waals surface area contributed by atoms with Crippen LogP contribution in [0.25, 0.3) is 20.4 Å². The fourth-order valence-electron chi connectivity index (χ4n) is 4.13. The van der Waals surface area contributed by atoms with Gasteiger partial charge < -0.3 is 9.64 Å². The zero-order valence-corrected chi connectivity index (χ0v) is 18.0. The van der Waals surface area contributed by atoms with Gasteiger partial charge in [-0.05, 0) is 49.3 Å². The molecule has 4 heterocycles. The van der Waals surface area contributed by atoms with Gasteiger partial charge in [0, 0.05) is 18.5 Å². The van der Waals surface area contributed by atoms with E-state index in [-0.39, 0.29) is 0 Å². The third-order valence-electron chi connectivity index (χ3n) is 5.40. The average Bonchev–Trinajstić information content (AvgIpc) is 3.11. The molecule has 3 aromatic rings. The van der Waals surface area contributed by atoms with Gasteiger partial charge in [0.15, 0.2) is 5.16 Å². The molecule has 2 aliphatic rings. The minimum Gasteiger partial charge on any atom is -0.378 e. The highest BCUT2D eigenvalue weighted by molar-refractivity contribution is 7.99. The molecular weight excluding hydrogens is 396 g/mol. The van der Waals surface area contributed by atoms with Gasteiger partial charge in [0.2, 0.25) is 0 Å². The van der Waals surface area contributed by atoms with Gasteiger partial charge in [0.1, 0.15) is 15.7 Å². The lowest BCUT2D eigenvalue weighted by atomic mass is 9.90. The molecule has 0 radical (unpaired) electrons. The highest BCUT2D eigenvalue weighted by Gasteiger charge is 2.26. The van der Waals surface area contributed by atoms with Crippen molar-refractivity contribution in [1.29, 1.82) is 0 Å². The summed E-state index contributed by atoms with van der Waals surface area (Å²) in [5.41, 5.74) is 4.04. The maximum atomic E-state index is 5.57. The summed E-state index contributed by atoms with van der Waals surface area (Å²) in [5.74, 6) is 1.19. The first-order chi connectivity index (χ1) is 13.3. The lowest BCUT2D eigenvalue weighted by Crippen LogP contribution is -2.37. The van der Waals surface area contributed by atoms with Crippen molar-refractivity contribution >= 4 is 61.1 Å². The van der Waals surface area contributed by atoms with Gasteiger partial charge >= 0.3 is 0 Å². The second-order valence-corrected chi connectivity index (χ2v) is 9.45. The number of ether oxygens (including phenoxy) is 1. The Kier molecular flexibility index (Phi) is 4.92. The van der Waals surface area contributed by atoms with E-state index in [1.54, 1.807) is 34.9 Å². The summed E-state index contributed by atoms with van der Waals surface area (Å²) in [6.07, 6.45) is 8.90. The zero-order valence-electron chi connectivity index (χ0n) is 15.6. The number of anilines is 1. The van der Waals surface area contributed by atoms with Crippen molar-refractivity contribution in [3.05, 3.63) is 11.1 Å². The van der Waals surface area contributed by atoms with E-state index in [2.05, 4.69) is 11.2 Å². The number of thioether (sulfide) groups is 2. The SMILES string of the molecule is CSc1nc(SC)c2sc3nc(N4CCOCC4)c4c(c3c2n1)CCCC4. The van der Waals surface area contributed by atoms with Crippen molar-refractivity contribution in [2.45, 2.75) is 35.9 Å². The van der Waals surface area contributed by atoms with E-state index in [0.29, 0.717) is 0 Å². The van der Waals surface area contributed by atoms with Crippen molar-refractivity contribution in [2.75, 3.05) is 43.7 Å². The molecule has 0 saturated carbocycles. The number of morpholine rings is 1. The third-order valence-corrected chi connectivity index (χ3v) is 7.84. The molecule has 0 N–H and O–H groups in total.